The molecule has 0 saturated heterocycles. The van der Waals surface area contributed by atoms with Gasteiger partial charge >= 0.3 is 0 Å². The molecule has 0 amide bonds. The van der Waals surface area contributed by atoms with Crippen molar-refractivity contribution in [1.29, 1.82) is 0 Å². The predicted octanol–water partition coefficient (Wildman–Crippen LogP) is 3.99. The molecule has 0 radical (unpaired) electrons. The molecule has 3 heteroatoms. The van der Waals surface area contributed by atoms with Crippen molar-refractivity contribution in [2.75, 3.05) is 0 Å². The van der Waals surface area contributed by atoms with Gasteiger partial charge in [-0.15, -0.1) is 0 Å². The van der Waals surface area contributed by atoms with Gasteiger partial charge in [-0.05, 0) is 23.6 Å². The van der Waals surface area contributed by atoms with Crippen molar-refractivity contribution in [2.45, 2.75) is 19.8 Å². The van der Waals surface area contributed by atoms with Crippen LogP contribution < -0.4 is 0 Å². The topological polar surface area (TPSA) is 50.2 Å². The predicted molar refractivity (Wildman–Crippen MR) is 79.7 cm³/mol. The highest BCUT2D eigenvalue weighted by Crippen LogP contribution is 2.16. The fraction of sp³-hybridized carbons (Fsp3) is 0.176. The lowest BCUT2D eigenvalue weighted by atomic mass is 10.00. The number of benzene rings is 1. The molecule has 102 valence electrons. The summed E-state index contributed by atoms with van der Waals surface area (Å²) in [6.07, 6.45) is 4.35. The number of carbonyl (C=O) groups is 1. The van der Waals surface area contributed by atoms with Gasteiger partial charge in [-0.2, -0.15) is 0 Å². The minimum absolute atomic E-state index is 0.0731. The third-order valence-corrected chi connectivity index (χ3v) is 3.09. The van der Waals surface area contributed by atoms with Crippen molar-refractivity contribution >= 4 is 11.5 Å². The van der Waals surface area contributed by atoms with Crippen molar-refractivity contribution < 1.29 is 9.90 Å². The van der Waals surface area contributed by atoms with Gasteiger partial charge in [-0.25, -0.2) is 0 Å². The molecule has 2 rings (SSSR count). The SMILES string of the molecule is CC(C)c1ccc(C(=O)/C=C(\O)c2cccnc2)cc1. The van der Waals surface area contributed by atoms with Crippen molar-refractivity contribution in [2.24, 2.45) is 0 Å². The molecule has 0 bridgehead atoms. The minimum atomic E-state index is -0.221. The first-order valence-corrected chi connectivity index (χ1v) is 6.53. The van der Waals surface area contributed by atoms with Gasteiger partial charge in [0.15, 0.2) is 5.78 Å². The van der Waals surface area contributed by atoms with Crippen LogP contribution in [0.4, 0.5) is 0 Å². The second-order valence-corrected chi connectivity index (χ2v) is 4.91. The van der Waals surface area contributed by atoms with E-state index >= 15 is 0 Å². The molecule has 0 aliphatic heterocycles. The van der Waals surface area contributed by atoms with E-state index in [1.807, 2.05) is 12.1 Å². The highest BCUT2D eigenvalue weighted by atomic mass is 16.3. The third kappa shape index (κ3) is 3.32. The molecular weight excluding hydrogens is 250 g/mol. The standard InChI is InChI=1S/C17H17NO2/c1-12(2)13-5-7-14(8-6-13)16(19)10-17(20)15-4-3-9-18-11-15/h3-12,20H,1-2H3/b17-10-. The van der Waals surface area contributed by atoms with Crippen molar-refractivity contribution in [1.82, 2.24) is 4.98 Å². The number of aliphatic hydroxyl groups is 1. The quantitative estimate of drug-likeness (QED) is 0.517. The maximum absolute atomic E-state index is 12.1. The number of ketones is 1. The molecule has 0 aliphatic rings. The van der Waals surface area contributed by atoms with Crippen molar-refractivity contribution in [3.63, 3.8) is 0 Å². The number of carbonyl (C=O) groups excluding carboxylic acids is 1. The number of pyridine rings is 1. The number of rotatable bonds is 4. The van der Waals surface area contributed by atoms with Gasteiger partial charge < -0.3 is 5.11 Å². The Kier molecular flexibility index (Phi) is 4.31. The molecule has 1 N–H and O–H groups in total. The van der Waals surface area contributed by atoms with E-state index in [4.69, 9.17) is 0 Å². The van der Waals surface area contributed by atoms with Crippen LogP contribution in [-0.4, -0.2) is 15.9 Å². The Balaban J connectivity index is 2.19. The van der Waals surface area contributed by atoms with Gasteiger partial charge in [0.1, 0.15) is 5.76 Å². The second kappa shape index (κ2) is 6.15. The van der Waals surface area contributed by atoms with E-state index in [0.717, 1.165) is 0 Å². The molecule has 0 aliphatic carbocycles. The number of nitrogens with zero attached hydrogens (tertiary/aromatic N) is 1. The Labute approximate surface area is 118 Å². The first kappa shape index (κ1) is 14.0. The average molecular weight is 267 g/mol. The van der Waals surface area contributed by atoms with Gasteiger partial charge in [-0.3, -0.25) is 9.78 Å². The van der Waals surface area contributed by atoms with Crippen LogP contribution in [0.3, 0.4) is 0 Å². The maximum atomic E-state index is 12.1. The van der Waals surface area contributed by atoms with Crippen LogP contribution >= 0.6 is 0 Å². The fourth-order valence-electron chi connectivity index (χ4n) is 1.84. The summed E-state index contributed by atoms with van der Waals surface area (Å²) in [7, 11) is 0. The first-order valence-electron chi connectivity index (χ1n) is 6.53. The molecule has 2 aromatic rings. The summed E-state index contributed by atoms with van der Waals surface area (Å²) < 4.78 is 0. The van der Waals surface area contributed by atoms with Gasteiger partial charge in [0, 0.05) is 29.6 Å². The molecule has 1 aromatic heterocycles. The second-order valence-electron chi connectivity index (χ2n) is 4.91. The van der Waals surface area contributed by atoms with Crippen LogP contribution in [-0.2, 0) is 0 Å². The summed E-state index contributed by atoms with van der Waals surface area (Å²) in [5, 5.41) is 9.90. The summed E-state index contributed by atoms with van der Waals surface area (Å²) in [5.41, 5.74) is 2.27. The Hall–Kier alpha value is -2.42. The summed E-state index contributed by atoms with van der Waals surface area (Å²) >= 11 is 0. The zero-order chi connectivity index (χ0) is 14.5. The Bertz CT molecular complexity index is 613. The van der Waals surface area contributed by atoms with Crippen LogP contribution in [0.1, 0.15) is 41.3 Å². The number of hydrogen-bond donors (Lipinski definition) is 1. The van der Waals surface area contributed by atoms with E-state index in [0.29, 0.717) is 17.0 Å². The maximum Gasteiger partial charge on any atom is 0.189 e. The highest BCUT2D eigenvalue weighted by Gasteiger charge is 2.07. The fourth-order valence-corrected chi connectivity index (χ4v) is 1.84. The summed E-state index contributed by atoms with van der Waals surface area (Å²) in [6.45, 7) is 4.20. The van der Waals surface area contributed by atoms with Crippen LogP contribution in [0.15, 0.2) is 54.9 Å². The van der Waals surface area contributed by atoms with E-state index in [1.54, 1.807) is 30.5 Å². The first-order chi connectivity index (χ1) is 9.58. The van der Waals surface area contributed by atoms with E-state index in [1.165, 1.54) is 17.8 Å². The lowest BCUT2D eigenvalue weighted by molar-refractivity contribution is 0.104. The molecule has 20 heavy (non-hydrogen) atoms. The largest absolute Gasteiger partial charge is 0.507 e. The van der Waals surface area contributed by atoms with Crippen LogP contribution in [0.25, 0.3) is 5.76 Å². The molecule has 0 atom stereocenters. The Morgan fingerprint density at radius 1 is 1.15 bits per heavy atom. The summed E-state index contributed by atoms with van der Waals surface area (Å²) in [5.74, 6) is 0.135. The van der Waals surface area contributed by atoms with Gasteiger partial charge in [0.05, 0.1) is 0 Å². The minimum Gasteiger partial charge on any atom is -0.507 e. The number of allylic oxidation sites excluding steroid dienone is 1. The molecule has 3 nitrogen and oxygen atoms in total. The van der Waals surface area contributed by atoms with Gasteiger partial charge in [-0.1, -0.05) is 38.1 Å². The Morgan fingerprint density at radius 3 is 2.40 bits per heavy atom. The molecule has 0 saturated carbocycles. The van der Waals surface area contributed by atoms with Crippen LogP contribution in [0, 0.1) is 0 Å². The zero-order valence-electron chi connectivity index (χ0n) is 11.6. The molecule has 0 spiro atoms. The van der Waals surface area contributed by atoms with Crippen molar-refractivity contribution in [3.8, 4) is 0 Å². The van der Waals surface area contributed by atoms with E-state index < -0.39 is 0 Å². The monoisotopic (exact) mass is 267 g/mol. The van der Waals surface area contributed by atoms with Crippen LogP contribution in [0.5, 0.6) is 0 Å². The normalized spacial score (nSPS) is 11.7. The molecule has 0 unspecified atom stereocenters. The third-order valence-electron chi connectivity index (χ3n) is 3.09. The molecule has 1 heterocycles. The zero-order valence-corrected chi connectivity index (χ0v) is 11.6. The number of hydrogen-bond acceptors (Lipinski definition) is 3. The van der Waals surface area contributed by atoms with Crippen molar-refractivity contribution in [3.05, 3.63) is 71.6 Å². The van der Waals surface area contributed by atoms with Crippen LogP contribution in [0.2, 0.25) is 0 Å². The summed E-state index contributed by atoms with van der Waals surface area (Å²) in [6, 6.07) is 10.9. The van der Waals surface area contributed by atoms with Gasteiger partial charge in [0.25, 0.3) is 0 Å². The smallest absolute Gasteiger partial charge is 0.189 e. The lowest BCUT2D eigenvalue weighted by Gasteiger charge is -2.05. The molecule has 0 fully saturated rings. The summed E-state index contributed by atoms with van der Waals surface area (Å²) in [4.78, 5) is 16.0. The average Bonchev–Trinajstić information content (AvgIpc) is 2.48. The Morgan fingerprint density at radius 2 is 1.85 bits per heavy atom. The van der Waals surface area contributed by atoms with E-state index in [-0.39, 0.29) is 11.5 Å². The molecular formula is C17H17NO2. The number of aromatic nitrogens is 1. The highest BCUT2D eigenvalue weighted by molar-refractivity contribution is 6.07. The number of aliphatic hydroxyl groups excluding tert-OH is 1. The van der Waals surface area contributed by atoms with E-state index in [9.17, 15) is 9.90 Å². The van der Waals surface area contributed by atoms with Gasteiger partial charge in [0.2, 0.25) is 0 Å². The molecule has 1 aromatic carbocycles. The lowest BCUT2D eigenvalue weighted by Crippen LogP contribution is -1.98. The van der Waals surface area contributed by atoms with E-state index in [2.05, 4.69) is 18.8 Å².